The van der Waals surface area contributed by atoms with Crippen LogP contribution < -0.4 is 0 Å². The molecule has 2 aliphatic rings. The number of benzene rings is 2. The van der Waals surface area contributed by atoms with Crippen molar-refractivity contribution >= 4 is 22.6 Å². The van der Waals surface area contributed by atoms with Gasteiger partial charge in [-0.3, -0.25) is 9.59 Å². The Labute approximate surface area is 167 Å². The van der Waals surface area contributed by atoms with Crippen LogP contribution in [-0.4, -0.2) is 47.8 Å². The third-order valence-electron chi connectivity index (χ3n) is 6.55. The first-order valence-corrected chi connectivity index (χ1v) is 10.7. The predicted octanol–water partition coefficient (Wildman–Crippen LogP) is 4.48. The maximum absolute atomic E-state index is 13.3. The van der Waals surface area contributed by atoms with E-state index >= 15 is 0 Å². The molecule has 1 heterocycles. The Morgan fingerprint density at radius 1 is 0.929 bits per heavy atom. The molecule has 0 bridgehead atoms. The Balaban J connectivity index is 1.48. The highest BCUT2D eigenvalue weighted by atomic mass is 16.2. The smallest absolute Gasteiger partial charge is 0.254 e. The number of carbonyl (C=O) groups excluding carboxylic acids is 2. The molecule has 1 unspecified atom stereocenters. The Bertz CT molecular complexity index is 851. The minimum Gasteiger partial charge on any atom is -0.342 e. The van der Waals surface area contributed by atoms with E-state index in [4.69, 9.17) is 0 Å². The van der Waals surface area contributed by atoms with Gasteiger partial charge in [-0.1, -0.05) is 55.7 Å². The number of nitrogens with zero attached hydrogens (tertiary/aromatic N) is 2. The highest BCUT2D eigenvalue weighted by molar-refractivity contribution is 6.07. The summed E-state index contributed by atoms with van der Waals surface area (Å²) in [7, 11) is 1.96. The monoisotopic (exact) mass is 378 g/mol. The Kier molecular flexibility index (Phi) is 5.65. The number of fused-ring (bicyclic) bond motifs is 1. The van der Waals surface area contributed by atoms with E-state index in [-0.39, 0.29) is 17.7 Å². The summed E-state index contributed by atoms with van der Waals surface area (Å²) >= 11 is 0. The highest BCUT2D eigenvalue weighted by Gasteiger charge is 2.33. The van der Waals surface area contributed by atoms with Gasteiger partial charge in [0.05, 0.1) is 5.92 Å². The van der Waals surface area contributed by atoms with Gasteiger partial charge in [-0.25, -0.2) is 0 Å². The second kappa shape index (κ2) is 8.34. The van der Waals surface area contributed by atoms with Gasteiger partial charge in [0.1, 0.15) is 0 Å². The van der Waals surface area contributed by atoms with Crippen LogP contribution in [0.1, 0.15) is 55.3 Å². The van der Waals surface area contributed by atoms with Crippen molar-refractivity contribution in [1.82, 2.24) is 9.80 Å². The van der Waals surface area contributed by atoms with Crippen LogP contribution in [0.2, 0.25) is 0 Å². The number of carbonyl (C=O) groups is 2. The topological polar surface area (TPSA) is 40.6 Å². The van der Waals surface area contributed by atoms with Crippen molar-refractivity contribution < 1.29 is 9.59 Å². The van der Waals surface area contributed by atoms with Gasteiger partial charge in [0.25, 0.3) is 5.91 Å². The minimum absolute atomic E-state index is 0.0506. The van der Waals surface area contributed by atoms with Crippen molar-refractivity contribution in [1.29, 1.82) is 0 Å². The lowest BCUT2D eigenvalue weighted by Crippen LogP contribution is -2.48. The fourth-order valence-electron chi connectivity index (χ4n) is 4.88. The first-order chi connectivity index (χ1) is 13.6. The molecule has 4 nitrogen and oxygen atoms in total. The quantitative estimate of drug-likeness (QED) is 0.790. The normalized spacial score (nSPS) is 20.9. The molecular weight excluding hydrogens is 348 g/mol. The highest BCUT2D eigenvalue weighted by Crippen LogP contribution is 2.27. The maximum atomic E-state index is 13.3. The summed E-state index contributed by atoms with van der Waals surface area (Å²) in [6, 6.07) is 14.3. The lowest BCUT2D eigenvalue weighted by Gasteiger charge is -2.37. The summed E-state index contributed by atoms with van der Waals surface area (Å²) in [5.74, 6) is 0.205. The minimum atomic E-state index is -0.0698. The van der Waals surface area contributed by atoms with Crippen LogP contribution in [0.4, 0.5) is 0 Å². The average Bonchev–Trinajstić information content (AvgIpc) is 2.78. The number of likely N-dealkylation sites (tertiary alicyclic amines) is 1. The molecule has 1 aliphatic heterocycles. The number of amides is 2. The molecule has 1 aliphatic carbocycles. The molecule has 4 rings (SSSR count). The molecule has 2 aromatic rings. The van der Waals surface area contributed by atoms with Crippen LogP contribution >= 0.6 is 0 Å². The fraction of sp³-hybridized carbons (Fsp3) is 0.500. The van der Waals surface area contributed by atoms with Crippen molar-refractivity contribution in [2.45, 2.75) is 51.0 Å². The summed E-state index contributed by atoms with van der Waals surface area (Å²) in [6.07, 6.45) is 7.74. The Morgan fingerprint density at radius 2 is 1.68 bits per heavy atom. The summed E-state index contributed by atoms with van der Waals surface area (Å²) < 4.78 is 0. The van der Waals surface area contributed by atoms with Crippen LogP contribution in [0.25, 0.3) is 10.8 Å². The standard InChI is InChI=1S/C24H30N2O2/c1-25(20-12-3-2-4-13-20)23(27)19-11-8-16-26(17-19)24(28)22-15-7-10-18-9-5-6-14-21(18)22/h5-7,9-10,14-15,19-20H,2-4,8,11-13,16-17H2,1H3. The van der Waals surface area contributed by atoms with E-state index in [0.29, 0.717) is 12.6 Å². The number of hydrogen-bond acceptors (Lipinski definition) is 2. The van der Waals surface area contributed by atoms with Gasteiger partial charge < -0.3 is 9.80 Å². The van der Waals surface area contributed by atoms with Crippen LogP contribution in [0.3, 0.4) is 0 Å². The lowest BCUT2D eigenvalue weighted by atomic mass is 9.91. The van der Waals surface area contributed by atoms with Crippen LogP contribution in [-0.2, 0) is 4.79 Å². The molecule has 148 valence electrons. The average molecular weight is 379 g/mol. The summed E-state index contributed by atoms with van der Waals surface area (Å²) in [5.41, 5.74) is 0.742. The third-order valence-corrected chi connectivity index (χ3v) is 6.55. The van der Waals surface area contributed by atoms with E-state index in [1.807, 2.05) is 59.3 Å². The van der Waals surface area contributed by atoms with Gasteiger partial charge in [-0.2, -0.15) is 0 Å². The number of rotatable bonds is 3. The second-order valence-corrected chi connectivity index (χ2v) is 8.36. The maximum Gasteiger partial charge on any atom is 0.254 e. The Hall–Kier alpha value is -2.36. The van der Waals surface area contributed by atoms with E-state index in [0.717, 1.165) is 48.6 Å². The van der Waals surface area contributed by atoms with Crippen LogP contribution in [0, 0.1) is 5.92 Å². The van der Waals surface area contributed by atoms with E-state index < -0.39 is 0 Å². The lowest BCUT2D eigenvalue weighted by molar-refractivity contribution is -0.138. The zero-order chi connectivity index (χ0) is 19.5. The molecule has 28 heavy (non-hydrogen) atoms. The van der Waals surface area contributed by atoms with Gasteiger partial charge in [0.15, 0.2) is 0 Å². The summed E-state index contributed by atoms with van der Waals surface area (Å²) in [6.45, 7) is 1.27. The van der Waals surface area contributed by atoms with Gasteiger partial charge >= 0.3 is 0 Å². The van der Waals surface area contributed by atoms with Crippen molar-refractivity contribution in [3.05, 3.63) is 48.0 Å². The van der Waals surface area contributed by atoms with Gasteiger partial charge in [0.2, 0.25) is 5.91 Å². The van der Waals surface area contributed by atoms with E-state index in [1.54, 1.807) is 0 Å². The van der Waals surface area contributed by atoms with Gasteiger partial charge in [-0.15, -0.1) is 0 Å². The molecule has 4 heteroatoms. The zero-order valence-corrected chi connectivity index (χ0v) is 16.8. The molecule has 2 aromatic carbocycles. The zero-order valence-electron chi connectivity index (χ0n) is 16.8. The van der Waals surface area contributed by atoms with Crippen LogP contribution in [0.15, 0.2) is 42.5 Å². The summed E-state index contributed by atoms with van der Waals surface area (Å²) in [5, 5.41) is 2.07. The molecule has 1 saturated carbocycles. The molecule has 0 radical (unpaired) electrons. The van der Waals surface area contributed by atoms with E-state index in [1.165, 1.54) is 19.3 Å². The first kappa shape index (κ1) is 19.0. The molecule has 0 spiro atoms. The molecule has 0 N–H and O–H groups in total. The molecule has 2 amide bonds. The van der Waals surface area contributed by atoms with Gasteiger partial charge in [-0.05, 0) is 42.5 Å². The molecule has 2 fully saturated rings. The molecule has 1 atom stereocenters. The summed E-state index contributed by atoms with van der Waals surface area (Å²) in [4.78, 5) is 30.2. The van der Waals surface area contributed by atoms with E-state index in [2.05, 4.69) is 0 Å². The Morgan fingerprint density at radius 3 is 2.50 bits per heavy atom. The first-order valence-electron chi connectivity index (χ1n) is 10.7. The molecule has 1 saturated heterocycles. The predicted molar refractivity (Wildman–Crippen MR) is 112 cm³/mol. The molecule has 0 aromatic heterocycles. The SMILES string of the molecule is CN(C(=O)C1CCCN(C(=O)c2cccc3ccccc23)C1)C1CCCCC1. The van der Waals surface area contributed by atoms with Crippen molar-refractivity contribution in [3.8, 4) is 0 Å². The van der Waals surface area contributed by atoms with Crippen LogP contribution in [0.5, 0.6) is 0 Å². The van der Waals surface area contributed by atoms with Crippen molar-refractivity contribution in [2.24, 2.45) is 5.92 Å². The number of hydrogen-bond donors (Lipinski definition) is 0. The van der Waals surface area contributed by atoms with Crippen molar-refractivity contribution in [3.63, 3.8) is 0 Å². The third kappa shape index (κ3) is 3.78. The van der Waals surface area contributed by atoms with Gasteiger partial charge in [0, 0.05) is 31.7 Å². The number of piperidine rings is 1. The fourth-order valence-corrected chi connectivity index (χ4v) is 4.88. The second-order valence-electron chi connectivity index (χ2n) is 8.36. The van der Waals surface area contributed by atoms with E-state index in [9.17, 15) is 9.59 Å². The largest absolute Gasteiger partial charge is 0.342 e. The van der Waals surface area contributed by atoms with Crippen molar-refractivity contribution in [2.75, 3.05) is 20.1 Å². The molecular formula is C24H30N2O2.